The molecule has 2 saturated heterocycles. The van der Waals surface area contributed by atoms with Crippen LogP contribution in [0.4, 0.5) is 5.00 Å². The van der Waals surface area contributed by atoms with E-state index in [0.29, 0.717) is 5.56 Å². The zero-order chi connectivity index (χ0) is 29.1. The van der Waals surface area contributed by atoms with E-state index in [0.717, 1.165) is 78.6 Å². The molecule has 2 aromatic heterocycles. The molecule has 0 saturated carbocycles. The number of nitrogens with one attached hydrogen (secondary N) is 2. The largest absolute Gasteiger partial charge is 0.381 e. The predicted molar refractivity (Wildman–Crippen MR) is 166 cm³/mol. The van der Waals surface area contributed by atoms with Crippen molar-refractivity contribution in [3.63, 3.8) is 0 Å². The molecule has 7 nitrogen and oxygen atoms in total. The Hall–Kier alpha value is -2.16. The van der Waals surface area contributed by atoms with Gasteiger partial charge in [0.15, 0.2) is 0 Å². The van der Waals surface area contributed by atoms with Gasteiger partial charge < -0.3 is 24.8 Å². The van der Waals surface area contributed by atoms with Crippen molar-refractivity contribution in [2.45, 2.75) is 81.2 Å². The lowest BCUT2D eigenvalue weighted by molar-refractivity contribution is 0.0523. The topological polar surface area (TPSA) is 77.7 Å². The lowest BCUT2D eigenvalue weighted by Gasteiger charge is -2.33. The summed E-state index contributed by atoms with van der Waals surface area (Å²) in [5.41, 5.74) is 3.98. The summed E-state index contributed by atoms with van der Waals surface area (Å²) in [6, 6.07) is 1.93. The molecule has 220 valence electrons. The monoisotopic (exact) mass is 560 g/mol. The molecule has 0 aliphatic carbocycles. The Labute approximate surface area is 240 Å². The van der Waals surface area contributed by atoms with Gasteiger partial charge >= 0.3 is 0 Å². The molecular weight excluding hydrogens is 508 g/mol. The van der Waals surface area contributed by atoms with Crippen LogP contribution >= 0.6 is 11.3 Å². The molecule has 0 spiro atoms. The summed E-state index contributed by atoms with van der Waals surface area (Å²) in [5, 5.41) is 4.02. The molecular formula is C31H52N4O3S. The normalized spacial score (nSPS) is 16.3. The van der Waals surface area contributed by atoms with Crippen molar-refractivity contribution in [1.82, 2.24) is 15.2 Å². The molecule has 4 rings (SSSR count). The van der Waals surface area contributed by atoms with Crippen LogP contribution in [0.15, 0.2) is 10.9 Å². The first-order valence-corrected chi connectivity index (χ1v) is 15.4. The number of rotatable bonds is 5. The summed E-state index contributed by atoms with van der Waals surface area (Å²) >= 11 is 1.69. The zero-order valence-corrected chi connectivity index (χ0v) is 26.6. The number of anilines is 1. The van der Waals surface area contributed by atoms with Crippen LogP contribution in [0.3, 0.4) is 0 Å². The highest BCUT2D eigenvalue weighted by Crippen LogP contribution is 2.36. The van der Waals surface area contributed by atoms with E-state index in [2.05, 4.69) is 61.8 Å². The quantitative estimate of drug-likeness (QED) is 0.481. The fourth-order valence-electron chi connectivity index (χ4n) is 4.85. The molecule has 1 amide bonds. The molecule has 2 fully saturated rings. The fourth-order valence-corrected chi connectivity index (χ4v) is 6.05. The number of hydrogen-bond acceptors (Lipinski definition) is 6. The van der Waals surface area contributed by atoms with Crippen molar-refractivity contribution in [1.29, 1.82) is 0 Å². The number of likely N-dealkylation sites (N-methyl/N-ethyl adjacent to an activating group) is 1. The van der Waals surface area contributed by atoms with Gasteiger partial charge in [0.2, 0.25) is 0 Å². The second-order valence-corrected chi connectivity index (χ2v) is 12.5. The van der Waals surface area contributed by atoms with Gasteiger partial charge in [-0.05, 0) is 76.6 Å². The van der Waals surface area contributed by atoms with E-state index in [-0.39, 0.29) is 18.0 Å². The molecule has 0 aromatic carbocycles. The molecule has 2 aliphatic rings. The number of thiophene rings is 1. The second kappa shape index (κ2) is 16.2. The van der Waals surface area contributed by atoms with Crippen molar-refractivity contribution in [3.8, 4) is 0 Å². The summed E-state index contributed by atoms with van der Waals surface area (Å²) in [6.45, 7) is 22.7. The number of aryl methyl sites for hydroxylation is 3. The van der Waals surface area contributed by atoms with Crippen LogP contribution in [0.2, 0.25) is 0 Å². The van der Waals surface area contributed by atoms with E-state index in [1.54, 1.807) is 11.3 Å². The van der Waals surface area contributed by atoms with E-state index >= 15 is 0 Å². The van der Waals surface area contributed by atoms with Crippen molar-refractivity contribution < 1.29 is 9.53 Å². The maximum atomic E-state index is 13.0. The first-order chi connectivity index (χ1) is 18.5. The number of pyridine rings is 1. The average molecular weight is 561 g/mol. The summed E-state index contributed by atoms with van der Waals surface area (Å²) < 4.78 is 5.25. The highest BCUT2D eigenvalue weighted by Gasteiger charge is 2.25. The van der Waals surface area contributed by atoms with Gasteiger partial charge in [-0.2, -0.15) is 0 Å². The van der Waals surface area contributed by atoms with E-state index in [9.17, 15) is 9.59 Å². The Morgan fingerprint density at radius 1 is 1.10 bits per heavy atom. The predicted octanol–water partition coefficient (Wildman–Crippen LogP) is 5.84. The third kappa shape index (κ3) is 9.76. The SMILES string of the molecule is CC(C)C1CCOCC1.CCC.Cc1cc(C)c(CNC(=O)c2c(N3CCN(C)CC3)sc(C)c2C)c(=O)[nH]1. The first-order valence-electron chi connectivity index (χ1n) is 14.6. The van der Waals surface area contributed by atoms with Crippen LogP contribution in [0, 0.1) is 39.5 Å². The summed E-state index contributed by atoms with van der Waals surface area (Å²) in [4.78, 5) is 33.8. The second-order valence-electron chi connectivity index (χ2n) is 11.3. The van der Waals surface area contributed by atoms with Gasteiger partial charge in [0.1, 0.15) is 5.00 Å². The molecule has 0 unspecified atom stereocenters. The van der Waals surface area contributed by atoms with Crippen LogP contribution in [0.25, 0.3) is 0 Å². The third-order valence-electron chi connectivity index (χ3n) is 7.51. The van der Waals surface area contributed by atoms with E-state index < -0.39 is 0 Å². The number of H-pyrrole nitrogens is 1. The average Bonchev–Trinajstić information content (AvgIpc) is 3.19. The Bertz CT molecular complexity index is 1090. The van der Waals surface area contributed by atoms with Gasteiger partial charge in [0.25, 0.3) is 11.5 Å². The van der Waals surface area contributed by atoms with E-state index in [1.807, 2.05) is 26.8 Å². The standard InChI is InChI=1S/C20H28N4O2S.C8H16O.C3H8/c1-12-10-13(2)22-18(25)16(12)11-21-19(26)17-14(3)15(4)27-20(17)24-8-6-23(5)7-9-24;1-7(2)8-3-5-9-6-4-8;1-3-2/h10H,6-9,11H2,1-5H3,(H,21,26)(H,22,25);7-8H,3-6H2,1-2H3;3H2,1-2H3. The summed E-state index contributed by atoms with van der Waals surface area (Å²) in [5.74, 6) is 1.68. The lowest BCUT2D eigenvalue weighted by atomic mass is 9.89. The molecule has 2 aliphatic heterocycles. The highest BCUT2D eigenvalue weighted by atomic mass is 32.1. The first kappa shape index (κ1) is 33.0. The van der Waals surface area contributed by atoms with Gasteiger partial charge in [0, 0.05) is 62.1 Å². The fraction of sp³-hybridized carbons (Fsp3) is 0.677. The third-order valence-corrected chi connectivity index (χ3v) is 8.78. The molecule has 2 N–H and O–H groups in total. The van der Waals surface area contributed by atoms with E-state index in [1.165, 1.54) is 24.1 Å². The Morgan fingerprint density at radius 2 is 1.69 bits per heavy atom. The van der Waals surface area contributed by atoms with E-state index in [4.69, 9.17) is 4.74 Å². The summed E-state index contributed by atoms with van der Waals surface area (Å²) in [6.07, 6.45) is 3.80. The van der Waals surface area contributed by atoms with Crippen molar-refractivity contribution in [2.24, 2.45) is 11.8 Å². The molecule has 0 atom stereocenters. The van der Waals surface area contributed by atoms with Gasteiger partial charge in [-0.25, -0.2) is 0 Å². The number of amides is 1. The molecule has 4 heterocycles. The minimum atomic E-state index is -0.134. The smallest absolute Gasteiger partial charge is 0.254 e. The lowest BCUT2D eigenvalue weighted by Crippen LogP contribution is -2.44. The molecule has 2 aromatic rings. The Kier molecular flexibility index (Phi) is 13.7. The van der Waals surface area contributed by atoms with Gasteiger partial charge in [-0.1, -0.05) is 34.1 Å². The number of aromatic nitrogens is 1. The maximum absolute atomic E-state index is 13.0. The highest BCUT2D eigenvalue weighted by molar-refractivity contribution is 7.16. The molecule has 0 bridgehead atoms. The van der Waals surface area contributed by atoms with Crippen molar-refractivity contribution in [3.05, 3.63) is 49.2 Å². The van der Waals surface area contributed by atoms with Crippen molar-refractivity contribution >= 4 is 22.2 Å². The van der Waals surface area contributed by atoms with Gasteiger partial charge in [0.05, 0.1) is 5.56 Å². The van der Waals surface area contributed by atoms with Crippen LogP contribution in [-0.2, 0) is 11.3 Å². The minimum absolute atomic E-state index is 0.106. The number of carbonyl (C=O) groups excluding carboxylic acids is 1. The number of hydrogen-bond donors (Lipinski definition) is 2. The zero-order valence-electron chi connectivity index (χ0n) is 25.8. The molecule has 39 heavy (non-hydrogen) atoms. The van der Waals surface area contributed by atoms with Crippen LogP contribution in [0.1, 0.15) is 84.6 Å². The van der Waals surface area contributed by atoms with Crippen LogP contribution in [-0.4, -0.2) is 62.2 Å². The van der Waals surface area contributed by atoms with Crippen molar-refractivity contribution in [2.75, 3.05) is 51.3 Å². The van der Waals surface area contributed by atoms with Crippen LogP contribution < -0.4 is 15.8 Å². The number of nitrogens with zero attached hydrogens (tertiary/aromatic N) is 2. The molecule has 0 radical (unpaired) electrons. The van der Waals surface area contributed by atoms with Gasteiger partial charge in [-0.15, -0.1) is 11.3 Å². The summed E-state index contributed by atoms with van der Waals surface area (Å²) in [7, 11) is 2.12. The number of aromatic amines is 1. The Balaban J connectivity index is 0.000000370. The number of ether oxygens (including phenoxy) is 1. The van der Waals surface area contributed by atoms with Crippen LogP contribution in [0.5, 0.6) is 0 Å². The van der Waals surface area contributed by atoms with Gasteiger partial charge in [-0.3, -0.25) is 9.59 Å². The molecule has 8 heteroatoms. The maximum Gasteiger partial charge on any atom is 0.254 e. The minimum Gasteiger partial charge on any atom is -0.381 e. The number of piperazine rings is 1. The number of carbonyl (C=O) groups is 1. The Morgan fingerprint density at radius 3 is 2.21 bits per heavy atom.